The number of likely N-dealkylation sites (N-methyl/N-ethyl adjacent to an activating group) is 1. The van der Waals surface area contributed by atoms with E-state index in [1.54, 1.807) is 0 Å². The molecule has 1 saturated heterocycles. The number of nitrogens with one attached hydrogen (secondary N) is 1. The summed E-state index contributed by atoms with van der Waals surface area (Å²) in [6.45, 7) is 10.6. The Hall–Kier alpha value is -1.39. The monoisotopic (exact) mass is 331 g/mol. The molecule has 4 nitrogen and oxygen atoms in total. The van der Waals surface area contributed by atoms with E-state index in [0.717, 1.165) is 69.0 Å². The van der Waals surface area contributed by atoms with Crippen LogP contribution in [0.2, 0.25) is 0 Å². The first-order chi connectivity index (χ1) is 11.7. The zero-order valence-corrected chi connectivity index (χ0v) is 15.6. The standard InChI is InChI=1S/C20H33N3O/c1-4-22(5-2)16-17-11-14-23(15-12-17)20(24)19-9-7-6-8-18(19)10-13-21-3/h6-9,17,21H,4-5,10-16H2,1-3H3. The van der Waals surface area contributed by atoms with Crippen molar-refractivity contribution in [3.63, 3.8) is 0 Å². The minimum Gasteiger partial charge on any atom is -0.339 e. The zero-order chi connectivity index (χ0) is 17.4. The summed E-state index contributed by atoms with van der Waals surface area (Å²) in [5.41, 5.74) is 2.04. The van der Waals surface area contributed by atoms with Crippen LogP contribution in [0.3, 0.4) is 0 Å². The summed E-state index contributed by atoms with van der Waals surface area (Å²) >= 11 is 0. The molecule has 0 aliphatic carbocycles. The van der Waals surface area contributed by atoms with Crippen molar-refractivity contribution < 1.29 is 4.79 Å². The molecule has 1 fully saturated rings. The first kappa shape index (κ1) is 18.9. The van der Waals surface area contributed by atoms with Crippen LogP contribution in [0.15, 0.2) is 24.3 Å². The Morgan fingerprint density at radius 1 is 1.21 bits per heavy atom. The van der Waals surface area contributed by atoms with Crippen molar-refractivity contribution >= 4 is 5.91 Å². The molecule has 1 aliphatic heterocycles. The van der Waals surface area contributed by atoms with E-state index >= 15 is 0 Å². The highest BCUT2D eigenvalue weighted by atomic mass is 16.2. The Labute approximate surface area is 147 Å². The van der Waals surface area contributed by atoms with Crippen LogP contribution in [0.5, 0.6) is 0 Å². The predicted molar refractivity (Wildman–Crippen MR) is 100 cm³/mol. The molecule has 1 N–H and O–H groups in total. The molecule has 0 saturated carbocycles. The lowest BCUT2D eigenvalue weighted by Crippen LogP contribution is -2.42. The molecule has 1 aliphatic rings. The van der Waals surface area contributed by atoms with E-state index < -0.39 is 0 Å². The molecule has 0 spiro atoms. The lowest BCUT2D eigenvalue weighted by atomic mass is 9.95. The van der Waals surface area contributed by atoms with Crippen LogP contribution in [0.1, 0.15) is 42.6 Å². The smallest absolute Gasteiger partial charge is 0.254 e. The molecule has 1 aromatic carbocycles. The first-order valence-corrected chi connectivity index (χ1v) is 9.43. The van der Waals surface area contributed by atoms with Gasteiger partial charge in [-0.05, 0) is 63.5 Å². The van der Waals surface area contributed by atoms with E-state index in [2.05, 4.69) is 35.0 Å². The predicted octanol–water partition coefficient (Wildman–Crippen LogP) is 2.64. The van der Waals surface area contributed by atoms with Crippen LogP contribution >= 0.6 is 0 Å². The van der Waals surface area contributed by atoms with E-state index in [4.69, 9.17) is 0 Å². The van der Waals surface area contributed by atoms with E-state index in [1.807, 2.05) is 25.2 Å². The molecule has 134 valence electrons. The van der Waals surface area contributed by atoms with Gasteiger partial charge in [0.05, 0.1) is 0 Å². The van der Waals surface area contributed by atoms with Gasteiger partial charge in [-0.2, -0.15) is 0 Å². The van der Waals surface area contributed by atoms with Crippen molar-refractivity contribution in [1.82, 2.24) is 15.1 Å². The van der Waals surface area contributed by atoms with Crippen molar-refractivity contribution in [3.05, 3.63) is 35.4 Å². The molecule has 0 atom stereocenters. The van der Waals surface area contributed by atoms with Gasteiger partial charge in [0.2, 0.25) is 0 Å². The Morgan fingerprint density at radius 2 is 1.88 bits per heavy atom. The van der Waals surface area contributed by atoms with E-state index in [9.17, 15) is 4.79 Å². The number of carbonyl (C=O) groups excluding carboxylic acids is 1. The summed E-state index contributed by atoms with van der Waals surface area (Å²) in [4.78, 5) is 17.5. The van der Waals surface area contributed by atoms with Gasteiger partial charge >= 0.3 is 0 Å². The third kappa shape index (κ3) is 5.05. The van der Waals surface area contributed by atoms with E-state index in [0.29, 0.717) is 0 Å². The number of nitrogens with zero attached hydrogens (tertiary/aromatic N) is 2. The molecular formula is C20H33N3O. The van der Waals surface area contributed by atoms with Crippen LogP contribution in [-0.4, -0.2) is 62.0 Å². The van der Waals surface area contributed by atoms with E-state index in [-0.39, 0.29) is 5.91 Å². The number of amides is 1. The number of benzene rings is 1. The Balaban J connectivity index is 1.93. The number of piperidine rings is 1. The average molecular weight is 332 g/mol. The van der Waals surface area contributed by atoms with Crippen LogP contribution < -0.4 is 5.32 Å². The summed E-state index contributed by atoms with van der Waals surface area (Å²) in [6.07, 6.45) is 3.15. The average Bonchev–Trinajstić information content (AvgIpc) is 2.64. The molecule has 0 bridgehead atoms. The summed E-state index contributed by atoms with van der Waals surface area (Å²) < 4.78 is 0. The van der Waals surface area contributed by atoms with Gasteiger partial charge in [0.15, 0.2) is 0 Å². The van der Waals surface area contributed by atoms with Crippen molar-refractivity contribution in [1.29, 1.82) is 0 Å². The maximum Gasteiger partial charge on any atom is 0.254 e. The van der Waals surface area contributed by atoms with Gasteiger partial charge in [-0.3, -0.25) is 4.79 Å². The molecule has 0 aromatic heterocycles. The van der Waals surface area contributed by atoms with Gasteiger partial charge < -0.3 is 15.1 Å². The maximum absolute atomic E-state index is 12.9. The Kier molecular flexibility index (Phi) is 7.73. The lowest BCUT2D eigenvalue weighted by Gasteiger charge is -2.34. The largest absolute Gasteiger partial charge is 0.339 e. The highest BCUT2D eigenvalue weighted by molar-refractivity contribution is 5.95. The summed E-state index contributed by atoms with van der Waals surface area (Å²) in [5, 5.41) is 3.17. The topological polar surface area (TPSA) is 35.6 Å². The quantitative estimate of drug-likeness (QED) is 0.795. The number of likely N-dealkylation sites (tertiary alicyclic amines) is 1. The Morgan fingerprint density at radius 3 is 2.50 bits per heavy atom. The second-order valence-corrected chi connectivity index (χ2v) is 6.73. The highest BCUT2D eigenvalue weighted by Gasteiger charge is 2.25. The maximum atomic E-state index is 12.9. The molecule has 0 unspecified atom stereocenters. The van der Waals surface area contributed by atoms with Crippen LogP contribution in [-0.2, 0) is 6.42 Å². The third-order valence-electron chi connectivity index (χ3n) is 5.20. The van der Waals surface area contributed by atoms with Gasteiger partial charge in [-0.1, -0.05) is 32.0 Å². The number of carbonyl (C=O) groups is 1. The van der Waals surface area contributed by atoms with Crippen LogP contribution in [0, 0.1) is 5.92 Å². The fourth-order valence-electron chi connectivity index (χ4n) is 3.54. The second kappa shape index (κ2) is 9.80. The molecule has 2 rings (SSSR count). The van der Waals surface area contributed by atoms with Gasteiger partial charge in [0.1, 0.15) is 0 Å². The molecule has 24 heavy (non-hydrogen) atoms. The highest BCUT2D eigenvalue weighted by Crippen LogP contribution is 2.21. The minimum atomic E-state index is 0.211. The van der Waals surface area contributed by atoms with Crippen molar-refractivity contribution in [2.24, 2.45) is 5.92 Å². The van der Waals surface area contributed by atoms with Crippen molar-refractivity contribution in [2.75, 3.05) is 46.3 Å². The SMILES string of the molecule is CCN(CC)CC1CCN(C(=O)c2ccccc2CCNC)CC1. The van der Waals surface area contributed by atoms with Crippen LogP contribution in [0.4, 0.5) is 0 Å². The summed E-state index contributed by atoms with van der Waals surface area (Å²) in [5.74, 6) is 0.941. The normalized spacial score (nSPS) is 15.9. The Bertz CT molecular complexity index is 505. The van der Waals surface area contributed by atoms with Gasteiger partial charge in [-0.15, -0.1) is 0 Å². The van der Waals surface area contributed by atoms with Gasteiger partial charge in [0, 0.05) is 25.2 Å². The fraction of sp³-hybridized carbons (Fsp3) is 0.650. The number of hydrogen-bond donors (Lipinski definition) is 1. The number of rotatable bonds is 8. The minimum absolute atomic E-state index is 0.211. The summed E-state index contributed by atoms with van der Waals surface area (Å²) in [7, 11) is 1.95. The van der Waals surface area contributed by atoms with Crippen LogP contribution in [0.25, 0.3) is 0 Å². The lowest BCUT2D eigenvalue weighted by molar-refractivity contribution is 0.0668. The fourth-order valence-corrected chi connectivity index (χ4v) is 3.54. The first-order valence-electron chi connectivity index (χ1n) is 9.43. The van der Waals surface area contributed by atoms with Crippen molar-refractivity contribution in [2.45, 2.75) is 33.1 Å². The second-order valence-electron chi connectivity index (χ2n) is 6.73. The zero-order valence-electron chi connectivity index (χ0n) is 15.6. The molecule has 1 aromatic rings. The third-order valence-corrected chi connectivity index (χ3v) is 5.20. The molecular weight excluding hydrogens is 298 g/mol. The van der Waals surface area contributed by atoms with Gasteiger partial charge in [0.25, 0.3) is 5.91 Å². The summed E-state index contributed by atoms with van der Waals surface area (Å²) in [6, 6.07) is 8.06. The van der Waals surface area contributed by atoms with Crippen molar-refractivity contribution in [3.8, 4) is 0 Å². The molecule has 0 radical (unpaired) electrons. The number of hydrogen-bond acceptors (Lipinski definition) is 3. The molecule has 1 amide bonds. The van der Waals surface area contributed by atoms with E-state index in [1.165, 1.54) is 6.54 Å². The van der Waals surface area contributed by atoms with Gasteiger partial charge in [-0.25, -0.2) is 0 Å². The molecule has 1 heterocycles. The molecule has 4 heteroatoms.